The van der Waals surface area contributed by atoms with Crippen LogP contribution in [0.1, 0.15) is 26.2 Å². The zero-order valence-corrected chi connectivity index (χ0v) is 13.3. The molecule has 2 rings (SSSR count). The summed E-state index contributed by atoms with van der Waals surface area (Å²) in [6, 6.07) is 3.90. The molecular weight excluding hydrogens is 264 g/mol. The van der Waals surface area contributed by atoms with Crippen molar-refractivity contribution in [1.29, 1.82) is 0 Å². The summed E-state index contributed by atoms with van der Waals surface area (Å²) in [6.07, 6.45) is 5.34. The second-order valence-electron chi connectivity index (χ2n) is 6.03. The highest BCUT2D eigenvalue weighted by Gasteiger charge is 2.23. The Balaban J connectivity index is 1.75. The van der Waals surface area contributed by atoms with Gasteiger partial charge in [0.1, 0.15) is 0 Å². The van der Waals surface area contributed by atoms with Gasteiger partial charge in [0.25, 0.3) is 5.56 Å². The van der Waals surface area contributed by atoms with Crippen molar-refractivity contribution in [2.24, 2.45) is 0 Å². The quantitative estimate of drug-likeness (QED) is 0.821. The predicted molar refractivity (Wildman–Crippen MR) is 87.5 cm³/mol. The molecule has 5 nitrogen and oxygen atoms in total. The first kappa shape index (κ1) is 16.0. The van der Waals surface area contributed by atoms with Gasteiger partial charge >= 0.3 is 0 Å². The van der Waals surface area contributed by atoms with Crippen LogP contribution in [0, 0.1) is 0 Å². The van der Waals surface area contributed by atoms with E-state index in [0.717, 1.165) is 32.6 Å². The maximum absolute atomic E-state index is 11.7. The van der Waals surface area contributed by atoms with Gasteiger partial charge in [-0.25, -0.2) is 0 Å². The number of hydrogen-bond donors (Lipinski definition) is 1. The molecule has 2 heterocycles. The number of nitrogens with zero attached hydrogens (tertiary/aromatic N) is 3. The van der Waals surface area contributed by atoms with Crippen LogP contribution in [0.5, 0.6) is 0 Å². The normalized spacial score (nSPS) is 19.5. The average molecular weight is 292 g/mol. The third-order valence-corrected chi connectivity index (χ3v) is 4.37. The average Bonchev–Trinajstić information content (AvgIpc) is 2.89. The first-order chi connectivity index (χ1) is 10.1. The van der Waals surface area contributed by atoms with Gasteiger partial charge in [0.2, 0.25) is 0 Å². The van der Waals surface area contributed by atoms with Crippen molar-refractivity contribution in [3.05, 3.63) is 28.7 Å². The zero-order chi connectivity index (χ0) is 15.2. The van der Waals surface area contributed by atoms with Gasteiger partial charge in [-0.05, 0) is 52.0 Å². The van der Waals surface area contributed by atoms with Crippen LogP contribution in [0.15, 0.2) is 23.1 Å². The zero-order valence-electron chi connectivity index (χ0n) is 13.3. The van der Waals surface area contributed by atoms with E-state index in [1.165, 1.54) is 25.5 Å². The number of hydrogen-bond acceptors (Lipinski definition) is 4. The number of nitrogen functional groups attached to an aromatic ring is 1. The summed E-state index contributed by atoms with van der Waals surface area (Å²) in [5, 5.41) is 0. The van der Waals surface area contributed by atoms with E-state index in [9.17, 15) is 4.79 Å². The van der Waals surface area contributed by atoms with Crippen LogP contribution in [-0.4, -0.2) is 53.6 Å². The van der Waals surface area contributed by atoms with Crippen LogP contribution < -0.4 is 11.3 Å². The molecule has 21 heavy (non-hydrogen) atoms. The van der Waals surface area contributed by atoms with E-state index >= 15 is 0 Å². The van der Waals surface area contributed by atoms with Crippen molar-refractivity contribution in [3.8, 4) is 0 Å². The largest absolute Gasteiger partial charge is 0.398 e. The fourth-order valence-corrected chi connectivity index (χ4v) is 3.20. The van der Waals surface area contributed by atoms with Crippen molar-refractivity contribution in [2.45, 2.75) is 38.8 Å². The van der Waals surface area contributed by atoms with Gasteiger partial charge in [0, 0.05) is 37.1 Å². The third-order valence-electron chi connectivity index (χ3n) is 4.37. The summed E-state index contributed by atoms with van der Waals surface area (Å²) >= 11 is 0. The Morgan fingerprint density at radius 3 is 3.00 bits per heavy atom. The van der Waals surface area contributed by atoms with Crippen LogP contribution in [0.4, 0.5) is 5.69 Å². The fourth-order valence-electron chi connectivity index (χ4n) is 3.20. The molecule has 1 unspecified atom stereocenters. The van der Waals surface area contributed by atoms with Gasteiger partial charge in [-0.15, -0.1) is 0 Å². The molecule has 1 aliphatic heterocycles. The molecule has 1 aliphatic rings. The second-order valence-corrected chi connectivity index (χ2v) is 6.03. The molecular formula is C16H28N4O. The summed E-state index contributed by atoms with van der Waals surface area (Å²) in [4.78, 5) is 16.6. The first-order valence-electron chi connectivity index (χ1n) is 7.98. The highest BCUT2D eigenvalue weighted by Crippen LogP contribution is 2.17. The lowest BCUT2D eigenvalue weighted by Gasteiger charge is -2.27. The SMILES string of the molecule is CCN1CCCC1CN(C)CCCn1cc(N)ccc1=O. The summed E-state index contributed by atoms with van der Waals surface area (Å²) in [5.41, 5.74) is 6.40. The monoisotopic (exact) mass is 292 g/mol. The van der Waals surface area contributed by atoms with E-state index in [1.54, 1.807) is 16.8 Å². The van der Waals surface area contributed by atoms with Crippen LogP contribution in [0.2, 0.25) is 0 Å². The molecule has 1 aromatic rings. The maximum atomic E-state index is 11.7. The molecule has 0 bridgehead atoms. The van der Waals surface area contributed by atoms with Crippen LogP contribution >= 0.6 is 0 Å². The van der Waals surface area contributed by atoms with Crippen LogP contribution in [0.3, 0.4) is 0 Å². The number of aryl methyl sites for hydroxylation is 1. The number of aromatic nitrogens is 1. The summed E-state index contributed by atoms with van der Waals surface area (Å²) in [5.74, 6) is 0. The number of rotatable bonds is 7. The minimum atomic E-state index is 0.0276. The van der Waals surface area contributed by atoms with E-state index in [2.05, 4.69) is 23.8 Å². The molecule has 0 aliphatic carbocycles. The standard InChI is InChI=1S/C16H28N4O/c1-3-19-10-4-6-15(19)13-18(2)9-5-11-20-12-14(17)7-8-16(20)21/h7-8,12,15H,3-6,9-11,13,17H2,1-2H3. The molecule has 0 spiro atoms. The molecule has 5 heteroatoms. The van der Waals surface area contributed by atoms with E-state index in [-0.39, 0.29) is 5.56 Å². The predicted octanol–water partition coefficient (Wildman–Crippen LogP) is 1.24. The number of likely N-dealkylation sites (N-methyl/N-ethyl adjacent to an activating group) is 2. The summed E-state index contributed by atoms with van der Waals surface area (Å²) in [6.45, 7) is 7.50. The molecule has 2 N–H and O–H groups in total. The van der Waals surface area contributed by atoms with Crippen molar-refractivity contribution in [1.82, 2.24) is 14.4 Å². The molecule has 0 amide bonds. The van der Waals surface area contributed by atoms with Gasteiger partial charge < -0.3 is 15.2 Å². The van der Waals surface area contributed by atoms with Gasteiger partial charge in [-0.1, -0.05) is 6.92 Å². The highest BCUT2D eigenvalue weighted by molar-refractivity contribution is 5.33. The Labute approximate surface area is 127 Å². The van der Waals surface area contributed by atoms with E-state index in [1.807, 2.05) is 0 Å². The van der Waals surface area contributed by atoms with E-state index < -0.39 is 0 Å². The van der Waals surface area contributed by atoms with Crippen molar-refractivity contribution < 1.29 is 0 Å². The number of likely N-dealkylation sites (tertiary alicyclic amines) is 1. The minimum Gasteiger partial charge on any atom is -0.398 e. The highest BCUT2D eigenvalue weighted by atomic mass is 16.1. The molecule has 1 atom stereocenters. The Bertz CT molecular complexity index is 499. The summed E-state index contributed by atoms with van der Waals surface area (Å²) < 4.78 is 1.71. The van der Waals surface area contributed by atoms with Crippen LogP contribution in [0.25, 0.3) is 0 Å². The maximum Gasteiger partial charge on any atom is 0.250 e. The van der Waals surface area contributed by atoms with Crippen molar-refractivity contribution >= 4 is 5.69 Å². The number of nitrogens with two attached hydrogens (primary N) is 1. The summed E-state index contributed by atoms with van der Waals surface area (Å²) in [7, 11) is 2.17. The van der Waals surface area contributed by atoms with Crippen LogP contribution in [-0.2, 0) is 6.54 Å². The Morgan fingerprint density at radius 1 is 1.43 bits per heavy atom. The molecule has 0 aromatic carbocycles. The molecule has 0 radical (unpaired) electrons. The van der Waals surface area contributed by atoms with Crippen molar-refractivity contribution in [2.75, 3.05) is 39.0 Å². The Morgan fingerprint density at radius 2 is 2.24 bits per heavy atom. The first-order valence-corrected chi connectivity index (χ1v) is 7.98. The third kappa shape index (κ3) is 4.58. The lowest BCUT2D eigenvalue weighted by molar-refractivity contribution is 0.196. The Kier molecular flexibility index (Phi) is 5.82. The van der Waals surface area contributed by atoms with Gasteiger partial charge in [-0.2, -0.15) is 0 Å². The second kappa shape index (κ2) is 7.61. The molecule has 1 fully saturated rings. The lowest BCUT2D eigenvalue weighted by Crippen LogP contribution is -2.39. The smallest absolute Gasteiger partial charge is 0.250 e. The lowest BCUT2D eigenvalue weighted by atomic mass is 10.2. The van der Waals surface area contributed by atoms with E-state index in [4.69, 9.17) is 5.73 Å². The molecule has 1 saturated heterocycles. The number of anilines is 1. The molecule has 0 saturated carbocycles. The molecule has 1 aromatic heterocycles. The molecule has 118 valence electrons. The Hall–Kier alpha value is -1.33. The van der Waals surface area contributed by atoms with Gasteiger partial charge in [-0.3, -0.25) is 9.69 Å². The number of pyridine rings is 1. The topological polar surface area (TPSA) is 54.5 Å². The fraction of sp³-hybridized carbons (Fsp3) is 0.688. The van der Waals surface area contributed by atoms with E-state index in [0.29, 0.717) is 11.7 Å². The minimum absolute atomic E-state index is 0.0276. The van der Waals surface area contributed by atoms with Gasteiger partial charge in [0.05, 0.1) is 0 Å². The van der Waals surface area contributed by atoms with Gasteiger partial charge in [0.15, 0.2) is 0 Å². The van der Waals surface area contributed by atoms with Crippen molar-refractivity contribution in [3.63, 3.8) is 0 Å².